The number of carbonyl (C=O) groups excluding carboxylic acids is 1. The van der Waals surface area contributed by atoms with E-state index in [4.69, 9.17) is 14.2 Å². The number of fused-ring (bicyclic) bond motifs is 1. The fourth-order valence-corrected chi connectivity index (χ4v) is 2.50. The number of Topliss-reactive ketones (excluding diaryl/α,β-unsaturated/α-hetero) is 1. The average Bonchev–Trinajstić information content (AvgIpc) is 2.43. The van der Waals surface area contributed by atoms with Gasteiger partial charge in [-0.25, -0.2) is 0 Å². The Labute approximate surface area is 106 Å². The molecule has 2 fully saturated rings. The lowest BCUT2D eigenvalue weighted by molar-refractivity contribution is -0.293. The van der Waals surface area contributed by atoms with Crippen LogP contribution in [-0.2, 0) is 19.0 Å². The number of hydrogen-bond donors (Lipinski definition) is 2. The van der Waals surface area contributed by atoms with E-state index in [2.05, 4.69) is 0 Å². The second kappa shape index (κ2) is 3.52. The summed E-state index contributed by atoms with van der Waals surface area (Å²) >= 11 is 0. The zero-order chi connectivity index (χ0) is 14.0. The second-order valence-corrected chi connectivity index (χ2v) is 5.69. The highest BCUT2D eigenvalue weighted by atomic mass is 16.9. The van der Waals surface area contributed by atoms with Gasteiger partial charge in [0.05, 0.1) is 0 Å². The molecule has 2 aliphatic heterocycles. The van der Waals surface area contributed by atoms with Crippen LogP contribution in [0.15, 0.2) is 0 Å². The van der Waals surface area contributed by atoms with Crippen molar-refractivity contribution in [1.82, 2.24) is 0 Å². The van der Waals surface area contributed by atoms with Gasteiger partial charge in [-0.15, -0.1) is 0 Å². The molecule has 0 radical (unpaired) electrons. The standard InChI is InChI=1S/C12H20O6/c1-7(13)9(3)6-12(15)11(5,16-9)17-10(4,18-12)8(2)14/h8,14-15H,6H2,1-5H3/t8?,9-,10-,11+,12-/m1/s1. The fourth-order valence-electron chi connectivity index (χ4n) is 2.50. The maximum absolute atomic E-state index is 11.6. The topological polar surface area (TPSA) is 85.2 Å². The lowest BCUT2D eigenvalue weighted by Gasteiger charge is -2.31. The van der Waals surface area contributed by atoms with Crippen LogP contribution in [0.25, 0.3) is 0 Å². The number of ether oxygens (including phenoxy) is 3. The minimum Gasteiger partial charge on any atom is -0.388 e. The monoisotopic (exact) mass is 260 g/mol. The van der Waals surface area contributed by atoms with Gasteiger partial charge in [-0.3, -0.25) is 4.79 Å². The van der Waals surface area contributed by atoms with Gasteiger partial charge in [-0.1, -0.05) is 0 Å². The SMILES string of the molecule is CC(=O)[C@@]1(C)C[C@@]2(O)O[C@](C)(C(C)O)O[C@]2(C)O1. The fraction of sp³-hybridized carbons (Fsp3) is 0.917. The molecule has 1 unspecified atom stereocenters. The molecule has 0 amide bonds. The highest BCUT2D eigenvalue weighted by molar-refractivity contribution is 5.85. The van der Waals surface area contributed by atoms with E-state index in [-0.39, 0.29) is 12.2 Å². The van der Waals surface area contributed by atoms with Crippen LogP contribution in [0.3, 0.4) is 0 Å². The summed E-state index contributed by atoms with van der Waals surface area (Å²) < 4.78 is 16.7. The first-order valence-electron chi connectivity index (χ1n) is 5.98. The number of hydrogen-bond acceptors (Lipinski definition) is 6. The largest absolute Gasteiger partial charge is 0.388 e. The Bertz CT molecular complexity index is 372. The first-order valence-corrected chi connectivity index (χ1v) is 5.98. The average molecular weight is 260 g/mol. The molecule has 18 heavy (non-hydrogen) atoms. The third kappa shape index (κ3) is 1.64. The lowest BCUT2D eigenvalue weighted by atomic mass is 9.94. The maximum atomic E-state index is 11.6. The molecule has 0 saturated carbocycles. The van der Waals surface area contributed by atoms with Gasteiger partial charge in [-0.2, -0.15) is 0 Å². The van der Waals surface area contributed by atoms with Crippen molar-refractivity contribution in [2.24, 2.45) is 0 Å². The molecule has 0 spiro atoms. The molecule has 2 N–H and O–H groups in total. The van der Waals surface area contributed by atoms with Crippen LogP contribution < -0.4 is 0 Å². The Balaban J connectivity index is 2.34. The molecule has 0 bridgehead atoms. The Morgan fingerprint density at radius 3 is 2.17 bits per heavy atom. The maximum Gasteiger partial charge on any atom is 0.226 e. The normalized spacial score (nSPS) is 53.3. The van der Waals surface area contributed by atoms with E-state index in [1.54, 1.807) is 6.92 Å². The van der Waals surface area contributed by atoms with Gasteiger partial charge in [0.1, 0.15) is 11.7 Å². The van der Waals surface area contributed by atoms with Crippen LogP contribution in [0.2, 0.25) is 0 Å². The van der Waals surface area contributed by atoms with E-state index >= 15 is 0 Å². The first-order chi connectivity index (χ1) is 7.97. The Kier molecular flexibility index (Phi) is 2.72. The summed E-state index contributed by atoms with van der Waals surface area (Å²) in [7, 11) is 0. The van der Waals surface area contributed by atoms with Crippen molar-refractivity contribution in [2.75, 3.05) is 0 Å². The van der Waals surface area contributed by atoms with Crippen LogP contribution in [0.1, 0.15) is 41.0 Å². The molecule has 104 valence electrons. The number of aliphatic hydroxyl groups is 2. The number of rotatable bonds is 2. The molecule has 6 nitrogen and oxygen atoms in total. The summed E-state index contributed by atoms with van der Waals surface area (Å²) in [5.74, 6) is -4.79. The predicted octanol–water partition coefficient (Wildman–Crippen LogP) is 0.303. The summed E-state index contributed by atoms with van der Waals surface area (Å²) in [6, 6.07) is 0. The van der Waals surface area contributed by atoms with Crippen molar-refractivity contribution in [3.63, 3.8) is 0 Å². The highest BCUT2D eigenvalue weighted by Gasteiger charge is 2.73. The molecule has 2 aliphatic rings. The summed E-state index contributed by atoms with van der Waals surface area (Å²) in [5.41, 5.74) is -1.15. The van der Waals surface area contributed by atoms with Crippen molar-refractivity contribution in [3.8, 4) is 0 Å². The minimum atomic E-state index is -1.75. The van der Waals surface area contributed by atoms with Crippen LogP contribution in [0.4, 0.5) is 0 Å². The van der Waals surface area contributed by atoms with Crippen molar-refractivity contribution in [1.29, 1.82) is 0 Å². The molecule has 0 aromatic carbocycles. The summed E-state index contributed by atoms with van der Waals surface area (Å²) in [6.45, 7) is 7.51. The number of carbonyl (C=O) groups is 1. The molecule has 0 aromatic rings. The minimum absolute atomic E-state index is 0.0336. The molecule has 0 aliphatic carbocycles. The van der Waals surface area contributed by atoms with Gasteiger partial charge < -0.3 is 24.4 Å². The van der Waals surface area contributed by atoms with Crippen LogP contribution in [0.5, 0.6) is 0 Å². The predicted molar refractivity (Wildman–Crippen MR) is 60.4 cm³/mol. The van der Waals surface area contributed by atoms with Gasteiger partial charge in [0, 0.05) is 6.42 Å². The van der Waals surface area contributed by atoms with Crippen LogP contribution in [0, 0.1) is 0 Å². The summed E-state index contributed by atoms with van der Waals surface area (Å²) in [5, 5.41) is 20.2. The molecule has 2 saturated heterocycles. The van der Waals surface area contributed by atoms with Crippen molar-refractivity contribution < 1.29 is 29.2 Å². The van der Waals surface area contributed by atoms with Gasteiger partial charge >= 0.3 is 0 Å². The number of aliphatic hydroxyl groups excluding tert-OH is 1. The molecule has 6 heteroatoms. The van der Waals surface area contributed by atoms with Gasteiger partial charge in [-0.05, 0) is 34.6 Å². The summed E-state index contributed by atoms with van der Waals surface area (Å²) in [4.78, 5) is 11.6. The Morgan fingerprint density at radius 2 is 1.78 bits per heavy atom. The summed E-state index contributed by atoms with van der Waals surface area (Å²) in [6.07, 6.45) is -0.982. The molecule has 2 rings (SSSR count). The Morgan fingerprint density at radius 1 is 1.22 bits per heavy atom. The molecule has 5 atom stereocenters. The van der Waals surface area contributed by atoms with Gasteiger partial charge in [0.15, 0.2) is 11.6 Å². The first kappa shape index (κ1) is 13.9. The molecule has 0 aromatic heterocycles. The quantitative estimate of drug-likeness (QED) is 0.743. The number of ketones is 1. The zero-order valence-corrected chi connectivity index (χ0v) is 11.3. The highest BCUT2D eigenvalue weighted by Crippen LogP contribution is 2.55. The smallest absolute Gasteiger partial charge is 0.226 e. The van der Waals surface area contributed by atoms with E-state index in [0.29, 0.717) is 0 Å². The van der Waals surface area contributed by atoms with Crippen molar-refractivity contribution >= 4 is 5.78 Å². The Hall–Kier alpha value is -0.530. The van der Waals surface area contributed by atoms with Gasteiger partial charge in [0.2, 0.25) is 11.6 Å². The van der Waals surface area contributed by atoms with Crippen molar-refractivity contribution in [2.45, 2.75) is 70.1 Å². The van der Waals surface area contributed by atoms with Crippen LogP contribution >= 0.6 is 0 Å². The van der Waals surface area contributed by atoms with E-state index in [9.17, 15) is 15.0 Å². The molecular weight excluding hydrogens is 240 g/mol. The van der Waals surface area contributed by atoms with E-state index < -0.39 is 29.1 Å². The van der Waals surface area contributed by atoms with E-state index in [1.807, 2.05) is 0 Å². The van der Waals surface area contributed by atoms with Gasteiger partial charge in [0.25, 0.3) is 0 Å². The van der Waals surface area contributed by atoms with E-state index in [0.717, 1.165) is 0 Å². The van der Waals surface area contributed by atoms with Crippen molar-refractivity contribution in [3.05, 3.63) is 0 Å². The lowest BCUT2D eigenvalue weighted by Crippen LogP contribution is -2.45. The molecule has 2 heterocycles. The van der Waals surface area contributed by atoms with Crippen LogP contribution in [-0.4, -0.2) is 45.1 Å². The zero-order valence-electron chi connectivity index (χ0n) is 11.3. The van der Waals surface area contributed by atoms with E-state index in [1.165, 1.54) is 27.7 Å². The second-order valence-electron chi connectivity index (χ2n) is 5.69. The third-order valence-electron chi connectivity index (χ3n) is 3.98. The molecular formula is C12H20O6. The third-order valence-corrected chi connectivity index (χ3v) is 3.98.